The Hall–Kier alpha value is -2.53. The molecule has 1 fully saturated rings. The molecule has 1 aliphatic rings. The van der Waals surface area contributed by atoms with Crippen molar-refractivity contribution in [1.82, 2.24) is 14.9 Å². The third kappa shape index (κ3) is 4.42. The summed E-state index contributed by atoms with van der Waals surface area (Å²) in [6.45, 7) is 3.22. The van der Waals surface area contributed by atoms with Crippen LogP contribution in [0.25, 0.3) is 10.9 Å². The van der Waals surface area contributed by atoms with Crippen LogP contribution in [-0.2, 0) is 6.54 Å². The molecule has 2 aromatic heterocycles. The largest absolute Gasteiger partial charge is 0.442 e. The maximum atomic E-state index is 11.9. The molecule has 5 heteroatoms. The van der Waals surface area contributed by atoms with Crippen molar-refractivity contribution in [2.24, 2.45) is 5.92 Å². The van der Waals surface area contributed by atoms with Crippen LogP contribution in [0.15, 0.2) is 53.4 Å². The Bertz CT molecular complexity index is 878. The van der Waals surface area contributed by atoms with Crippen molar-refractivity contribution < 1.29 is 9.21 Å². The van der Waals surface area contributed by atoms with E-state index in [9.17, 15) is 4.79 Å². The van der Waals surface area contributed by atoms with Gasteiger partial charge in [-0.15, -0.1) is 0 Å². The van der Waals surface area contributed by atoms with Crippen LogP contribution in [0.3, 0.4) is 0 Å². The summed E-state index contributed by atoms with van der Waals surface area (Å²) in [6.07, 6.45) is 9.86. The Morgan fingerprint density at radius 2 is 1.96 bits per heavy atom. The normalized spacial score (nSPS) is 16.0. The van der Waals surface area contributed by atoms with E-state index in [-0.39, 0.29) is 11.7 Å². The van der Waals surface area contributed by atoms with Crippen LogP contribution in [0.5, 0.6) is 0 Å². The molecule has 0 saturated carbocycles. The number of ketones is 1. The minimum Gasteiger partial charge on any atom is -0.442 e. The molecule has 0 bridgehead atoms. The fourth-order valence-electron chi connectivity index (χ4n) is 3.99. The van der Waals surface area contributed by atoms with Crippen molar-refractivity contribution >= 4 is 16.7 Å². The minimum atomic E-state index is 0.0157. The summed E-state index contributed by atoms with van der Waals surface area (Å²) >= 11 is 0. The van der Waals surface area contributed by atoms with E-state index in [4.69, 9.17) is 4.42 Å². The van der Waals surface area contributed by atoms with E-state index < -0.39 is 0 Å². The average Bonchev–Trinajstić information content (AvgIpc) is 3.25. The molecule has 1 saturated heterocycles. The molecule has 0 N–H and O–H groups in total. The number of oxazole rings is 1. The highest BCUT2D eigenvalue weighted by Crippen LogP contribution is 2.25. The standard InChI is InChI=1S/C22H25N3O2/c26-21(22-24-12-15-27-22)7-3-4-17-9-13-25(14-10-17)16-18-8-11-23-20-6-2-1-5-19(18)20/h1-2,5-6,8,11-12,15,17H,3-4,7,9-10,13-14,16H2. The number of piperidine rings is 1. The van der Waals surface area contributed by atoms with Crippen molar-refractivity contribution in [1.29, 1.82) is 0 Å². The Labute approximate surface area is 159 Å². The summed E-state index contributed by atoms with van der Waals surface area (Å²) in [6, 6.07) is 10.5. The number of likely N-dealkylation sites (tertiary alicyclic amines) is 1. The molecule has 27 heavy (non-hydrogen) atoms. The molecule has 3 aromatic rings. The second-order valence-corrected chi connectivity index (χ2v) is 7.36. The molecule has 5 nitrogen and oxygen atoms in total. The number of carbonyl (C=O) groups is 1. The summed E-state index contributed by atoms with van der Waals surface area (Å²) in [5, 5.41) is 1.26. The molecule has 0 amide bonds. The van der Waals surface area contributed by atoms with Gasteiger partial charge in [-0.3, -0.25) is 14.7 Å². The monoisotopic (exact) mass is 363 g/mol. The van der Waals surface area contributed by atoms with Crippen LogP contribution in [0.2, 0.25) is 0 Å². The Kier molecular flexibility index (Phi) is 5.58. The zero-order valence-corrected chi connectivity index (χ0v) is 15.5. The van der Waals surface area contributed by atoms with E-state index in [1.165, 1.54) is 36.3 Å². The molecule has 1 aromatic carbocycles. The van der Waals surface area contributed by atoms with E-state index in [0.717, 1.165) is 38.0 Å². The van der Waals surface area contributed by atoms with Gasteiger partial charge in [-0.05, 0) is 62.4 Å². The van der Waals surface area contributed by atoms with E-state index in [1.54, 1.807) is 0 Å². The summed E-state index contributed by atoms with van der Waals surface area (Å²) in [4.78, 5) is 22.9. The van der Waals surface area contributed by atoms with Gasteiger partial charge in [-0.25, -0.2) is 4.98 Å². The van der Waals surface area contributed by atoms with Gasteiger partial charge in [-0.1, -0.05) is 18.2 Å². The molecule has 0 spiro atoms. The molecule has 3 heterocycles. The lowest BCUT2D eigenvalue weighted by atomic mass is 9.91. The van der Waals surface area contributed by atoms with E-state index in [0.29, 0.717) is 12.3 Å². The molecule has 0 aliphatic carbocycles. The highest BCUT2D eigenvalue weighted by molar-refractivity contribution is 5.91. The number of para-hydroxylation sites is 1. The third-order valence-corrected chi connectivity index (χ3v) is 5.53. The summed E-state index contributed by atoms with van der Waals surface area (Å²) < 4.78 is 5.07. The smallest absolute Gasteiger partial charge is 0.263 e. The molecule has 0 atom stereocenters. The lowest BCUT2D eigenvalue weighted by molar-refractivity contribution is 0.0940. The number of nitrogens with zero attached hydrogens (tertiary/aromatic N) is 3. The second kappa shape index (κ2) is 8.44. The average molecular weight is 363 g/mol. The number of rotatable bonds is 7. The van der Waals surface area contributed by atoms with Gasteiger partial charge in [-0.2, -0.15) is 0 Å². The molecule has 1 aliphatic heterocycles. The van der Waals surface area contributed by atoms with Crippen LogP contribution in [0.1, 0.15) is 48.4 Å². The highest BCUT2D eigenvalue weighted by atomic mass is 16.3. The van der Waals surface area contributed by atoms with Crippen molar-refractivity contribution in [2.45, 2.75) is 38.6 Å². The predicted molar refractivity (Wildman–Crippen MR) is 104 cm³/mol. The number of pyridine rings is 1. The number of hydrogen-bond donors (Lipinski definition) is 0. The molecular formula is C22H25N3O2. The van der Waals surface area contributed by atoms with Crippen LogP contribution >= 0.6 is 0 Å². The van der Waals surface area contributed by atoms with Gasteiger partial charge < -0.3 is 4.42 Å². The van der Waals surface area contributed by atoms with Crippen LogP contribution in [0, 0.1) is 5.92 Å². The minimum absolute atomic E-state index is 0.0157. The lowest BCUT2D eigenvalue weighted by Crippen LogP contribution is -2.33. The van der Waals surface area contributed by atoms with Gasteiger partial charge in [0.1, 0.15) is 6.26 Å². The number of benzene rings is 1. The number of fused-ring (bicyclic) bond motifs is 1. The maximum absolute atomic E-state index is 11.9. The van der Waals surface area contributed by atoms with Crippen molar-refractivity contribution in [2.75, 3.05) is 13.1 Å². The first-order valence-electron chi connectivity index (χ1n) is 9.77. The highest BCUT2D eigenvalue weighted by Gasteiger charge is 2.20. The number of carbonyl (C=O) groups excluding carboxylic acids is 1. The fraction of sp³-hybridized carbons (Fsp3) is 0.409. The summed E-state index contributed by atoms with van der Waals surface area (Å²) in [7, 11) is 0. The second-order valence-electron chi connectivity index (χ2n) is 7.36. The van der Waals surface area contributed by atoms with Gasteiger partial charge in [0.05, 0.1) is 11.7 Å². The summed E-state index contributed by atoms with van der Waals surface area (Å²) in [5.41, 5.74) is 2.43. The first-order valence-corrected chi connectivity index (χ1v) is 9.77. The molecule has 0 radical (unpaired) electrons. The van der Waals surface area contributed by atoms with Crippen LogP contribution in [-0.4, -0.2) is 33.7 Å². The third-order valence-electron chi connectivity index (χ3n) is 5.53. The van der Waals surface area contributed by atoms with Crippen molar-refractivity contribution in [3.8, 4) is 0 Å². The van der Waals surface area contributed by atoms with E-state index >= 15 is 0 Å². The zero-order valence-electron chi connectivity index (χ0n) is 15.5. The van der Waals surface area contributed by atoms with E-state index in [2.05, 4.69) is 39.1 Å². The van der Waals surface area contributed by atoms with Gasteiger partial charge >= 0.3 is 0 Å². The van der Waals surface area contributed by atoms with E-state index in [1.807, 2.05) is 12.3 Å². The quantitative estimate of drug-likeness (QED) is 0.579. The lowest BCUT2D eigenvalue weighted by Gasteiger charge is -2.32. The molecule has 0 unspecified atom stereocenters. The van der Waals surface area contributed by atoms with Crippen molar-refractivity contribution in [3.63, 3.8) is 0 Å². The van der Waals surface area contributed by atoms with Crippen molar-refractivity contribution in [3.05, 3.63) is 60.4 Å². The van der Waals surface area contributed by atoms with Crippen LogP contribution in [0.4, 0.5) is 0 Å². The van der Waals surface area contributed by atoms with Gasteiger partial charge in [0.15, 0.2) is 0 Å². The predicted octanol–water partition coefficient (Wildman–Crippen LogP) is 4.49. The number of aromatic nitrogens is 2. The molecule has 4 rings (SSSR count). The van der Waals surface area contributed by atoms with Gasteiger partial charge in [0.25, 0.3) is 5.89 Å². The summed E-state index contributed by atoms with van der Waals surface area (Å²) in [5.74, 6) is 0.976. The Balaban J connectivity index is 1.24. The van der Waals surface area contributed by atoms with Crippen LogP contribution < -0.4 is 0 Å². The zero-order chi connectivity index (χ0) is 18.5. The number of Topliss-reactive ketones (excluding diaryl/α,β-unsaturated/α-hetero) is 1. The maximum Gasteiger partial charge on any atom is 0.263 e. The Morgan fingerprint density at radius 3 is 2.78 bits per heavy atom. The SMILES string of the molecule is O=C(CCCC1CCN(Cc2ccnc3ccccc23)CC1)c1ncco1. The van der Waals surface area contributed by atoms with Gasteiger partial charge in [0.2, 0.25) is 5.78 Å². The molecular weight excluding hydrogens is 338 g/mol. The molecule has 140 valence electrons. The first-order chi connectivity index (χ1) is 13.3. The number of hydrogen-bond acceptors (Lipinski definition) is 5. The Morgan fingerprint density at radius 1 is 1.11 bits per heavy atom. The topological polar surface area (TPSA) is 59.2 Å². The fourth-order valence-corrected chi connectivity index (χ4v) is 3.99. The first kappa shape index (κ1) is 17.9. The van der Waals surface area contributed by atoms with Gasteiger partial charge in [0, 0.05) is 24.5 Å².